The number of fused-ring (bicyclic) bond motifs is 2. The molecule has 1 aliphatic heterocycles. The number of benzene rings is 2. The molecule has 0 atom stereocenters. The highest BCUT2D eigenvalue weighted by Crippen LogP contribution is 2.39. The summed E-state index contributed by atoms with van der Waals surface area (Å²) in [5.74, 6) is 0.238. The van der Waals surface area contributed by atoms with E-state index in [9.17, 15) is 14.4 Å². The number of hydrogen-bond donors (Lipinski definition) is 2. The smallest absolute Gasteiger partial charge is 0.256 e. The number of anilines is 1. The summed E-state index contributed by atoms with van der Waals surface area (Å²) >= 11 is 1.42. The summed E-state index contributed by atoms with van der Waals surface area (Å²) < 4.78 is 0. The molecular weight excluding hydrogens is 422 g/mol. The van der Waals surface area contributed by atoms with E-state index in [0.29, 0.717) is 28.9 Å². The van der Waals surface area contributed by atoms with E-state index in [4.69, 9.17) is 0 Å². The molecular formula is C25H29N3O3S. The largest absolute Gasteiger partial charge is 0.352 e. The molecule has 168 valence electrons. The van der Waals surface area contributed by atoms with E-state index >= 15 is 0 Å². The van der Waals surface area contributed by atoms with Gasteiger partial charge in [0.2, 0.25) is 0 Å². The maximum atomic E-state index is 12.8. The zero-order valence-electron chi connectivity index (χ0n) is 18.6. The third-order valence-corrected chi connectivity index (χ3v) is 7.29. The van der Waals surface area contributed by atoms with E-state index in [1.54, 1.807) is 44.4 Å². The summed E-state index contributed by atoms with van der Waals surface area (Å²) in [5, 5.41) is 5.94. The van der Waals surface area contributed by atoms with Crippen molar-refractivity contribution in [2.75, 3.05) is 26.0 Å². The van der Waals surface area contributed by atoms with Crippen LogP contribution in [0.1, 0.15) is 69.6 Å². The maximum absolute atomic E-state index is 12.8. The van der Waals surface area contributed by atoms with Crippen LogP contribution in [0, 0.1) is 5.92 Å². The lowest BCUT2D eigenvalue weighted by atomic mass is 9.87. The average molecular weight is 452 g/mol. The van der Waals surface area contributed by atoms with Gasteiger partial charge in [-0.05, 0) is 48.7 Å². The molecule has 32 heavy (non-hydrogen) atoms. The lowest BCUT2D eigenvalue weighted by Gasteiger charge is -2.21. The van der Waals surface area contributed by atoms with E-state index < -0.39 is 0 Å². The number of nitrogens with one attached hydrogen (secondary N) is 2. The summed E-state index contributed by atoms with van der Waals surface area (Å²) in [6.45, 7) is 0.676. The third-order valence-electron chi connectivity index (χ3n) is 6.15. The molecule has 0 spiro atoms. The summed E-state index contributed by atoms with van der Waals surface area (Å²) in [4.78, 5) is 40.9. The first-order chi connectivity index (χ1) is 15.4. The van der Waals surface area contributed by atoms with Gasteiger partial charge < -0.3 is 15.5 Å². The molecule has 7 heteroatoms. The van der Waals surface area contributed by atoms with E-state index in [1.807, 2.05) is 6.07 Å². The highest BCUT2D eigenvalue weighted by atomic mass is 32.2. The maximum Gasteiger partial charge on any atom is 0.256 e. The molecule has 0 unspecified atom stereocenters. The van der Waals surface area contributed by atoms with Gasteiger partial charge in [-0.3, -0.25) is 14.4 Å². The SMILES string of the molecule is CN(C)C(=O)c1ccc2c(c1)Sc1ccc(C(=O)NCCC3CCCCC3)cc1NC2=O. The van der Waals surface area contributed by atoms with Gasteiger partial charge in [-0.1, -0.05) is 43.9 Å². The zero-order valence-corrected chi connectivity index (χ0v) is 19.4. The minimum absolute atomic E-state index is 0.112. The molecule has 2 N–H and O–H groups in total. The van der Waals surface area contributed by atoms with Crippen LogP contribution in [0.15, 0.2) is 46.2 Å². The second-order valence-corrected chi connectivity index (χ2v) is 9.81. The van der Waals surface area contributed by atoms with Gasteiger partial charge in [0.05, 0.1) is 11.3 Å². The van der Waals surface area contributed by atoms with E-state index in [0.717, 1.165) is 22.1 Å². The van der Waals surface area contributed by atoms with Gasteiger partial charge >= 0.3 is 0 Å². The summed E-state index contributed by atoms with van der Waals surface area (Å²) in [6.07, 6.45) is 7.48. The van der Waals surface area contributed by atoms with Crippen molar-refractivity contribution in [1.82, 2.24) is 10.2 Å². The van der Waals surface area contributed by atoms with Gasteiger partial charge in [-0.15, -0.1) is 0 Å². The lowest BCUT2D eigenvalue weighted by molar-refractivity contribution is 0.0826. The van der Waals surface area contributed by atoms with E-state index in [1.165, 1.54) is 48.8 Å². The van der Waals surface area contributed by atoms with Crippen LogP contribution in [0.3, 0.4) is 0 Å². The first-order valence-corrected chi connectivity index (χ1v) is 12.0. The average Bonchev–Trinajstić information content (AvgIpc) is 2.93. The fraction of sp³-hybridized carbons (Fsp3) is 0.400. The summed E-state index contributed by atoms with van der Waals surface area (Å²) in [6, 6.07) is 10.5. The molecule has 1 saturated carbocycles. The minimum atomic E-state index is -0.245. The third kappa shape index (κ3) is 4.99. The molecule has 0 radical (unpaired) electrons. The molecule has 0 aromatic heterocycles. The number of carbonyl (C=O) groups is 3. The van der Waals surface area contributed by atoms with Crippen LogP contribution in [0.4, 0.5) is 5.69 Å². The molecule has 2 aromatic carbocycles. The highest BCUT2D eigenvalue weighted by molar-refractivity contribution is 7.99. The van der Waals surface area contributed by atoms with Crippen molar-refractivity contribution in [2.24, 2.45) is 5.92 Å². The Balaban J connectivity index is 1.47. The van der Waals surface area contributed by atoms with Crippen LogP contribution < -0.4 is 10.6 Å². The Kier molecular flexibility index (Phi) is 6.84. The van der Waals surface area contributed by atoms with Crippen molar-refractivity contribution in [1.29, 1.82) is 0 Å². The van der Waals surface area contributed by atoms with E-state index in [-0.39, 0.29) is 17.7 Å². The summed E-state index contributed by atoms with van der Waals surface area (Å²) in [7, 11) is 3.40. The molecule has 1 aliphatic carbocycles. The Morgan fingerprint density at radius 1 is 1.03 bits per heavy atom. The second kappa shape index (κ2) is 9.77. The van der Waals surface area contributed by atoms with Crippen LogP contribution in [-0.4, -0.2) is 43.3 Å². The lowest BCUT2D eigenvalue weighted by Crippen LogP contribution is -2.26. The zero-order chi connectivity index (χ0) is 22.7. The molecule has 4 rings (SSSR count). The first kappa shape index (κ1) is 22.4. The minimum Gasteiger partial charge on any atom is -0.352 e. The van der Waals surface area contributed by atoms with Gasteiger partial charge in [-0.2, -0.15) is 0 Å². The van der Waals surface area contributed by atoms with Gasteiger partial charge in [0.25, 0.3) is 17.7 Å². The van der Waals surface area contributed by atoms with Crippen LogP contribution in [0.25, 0.3) is 0 Å². The predicted octanol–water partition coefficient (Wildman–Crippen LogP) is 4.81. The molecule has 1 heterocycles. The quantitative estimate of drug-likeness (QED) is 0.684. The monoisotopic (exact) mass is 451 g/mol. The number of hydrogen-bond acceptors (Lipinski definition) is 4. The van der Waals surface area contributed by atoms with Crippen molar-refractivity contribution >= 4 is 35.2 Å². The van der Waals surface area contributed by atoms with Gasteiger partial charge in [0.15, 0.2) is 0 Å². The molecule has 2 aliphatic rings. The first-order valence-electron chi connectivity index (χ1n) is 11.2. The Labute approximate surface area is 193 Å². The van der Waals surface area contributed by atoms with Crippen molar-refractivity contribution in [3.63, 3.8) is 0 Å². The topological polar surface area (TPSA) is 78.5 Å². The molecule has 3 amide bonds. The number of carbonyl (C=O) groups excluding carboxylic acids is 3. The van der Waals surface area contributed by atoms with Crippen LogP contribution in [-0.2, 0) is 0 Å². The van der Waals surface area contributed by atoms with Crippen molar-refractivity contribution in [3.05, 3.63) is 53.1 Å². The van der Waals surface area contributed by atoms with Gasteiger partial charge in [0.1, 0.15) is 0 Å². The highest BCUT2D eigenvalue weighted by Gasteiger charge is 2.23. The fourth-order valence-electron chi connectivity index (χ4n) is 4.32. The molecule has 2 aromatic rings. The van der Waals surface area contributed by atoms with Gasteiger partial charge in [-0.25, -0.2) is 0 Å². The summed E-state index contributed by atoms with van der Waals surface area (Å²) in [5.41, 5.74) is 2.19. The van der Waals surface area contributed by atoms with Crippen LogP contribution in [0.5, 0.6) is 0 Å². The fourth-order valence-corrected chi connectivity index (χ4v) is 5.37. The number of nitrogens with zero attached hydrogens (tertiary/aromatic N) is 1. The van der Waals surface area contributed by atoms with Crippen molar-refractivity contribution in [2.45, 2.75) is 48.3 Å². The molecule has 1 fully saturated rings. The Bertz CT molecular complexity index is 1040. The van der Waals surface area contributed by atoms with Crippen molar-refractivity contribution in [3.8, 4) is 0 Å². The normalized spacial score (nSPS) is 15.8. The van der Waals surface area contributed by atoms with E-state index in [2.05, 4.69) is 10.6 Å². The van der Waals surface area contributed by atoms with Gasteiger partial charge in [0, 0.05) is 41.6 Å². The van der Waals surface area contributed by atoms with Crippen molar-refractivity contribution < 1.29 is 14.4 Å². The number of amides is 3. The number of rotatable bonds is 5. The molecule has 0 saturated heterocycles. The Morgan fingerprint density at radius 3 is 2.53 bits per heavy atom. The van der Waals surface area contributed by atoms with Crippen LogP contribution >= 0.6 is 11.8 Å². The van der Waals surface area contributed by atoms with Crippen LogP contribution in [0.2, 0.25) is 0 Å². The molecule has 6 nitrogen and oxygen atoms in total. The molecule has 0 bridgehead atoms. The standard InChI is InChI=1S/C25H29N3O3S/c1-28(2)25(31)18-8-10-19-22(15-18)32-21-11-9-17(14-20(21)27-24(19)30)23(29)26-13-12-16-6-4-3-5-7-16/h8-11,14-16H,3-7,12-13H2,1-2H3,(H,26,29)(H,27,30). The second-order valence-electron chi connectivity index (χ2n) is 8.73. The Hall–Kier alpha value is -2.80. The Morgan fingerprint density at radius 2 is 1.78 bits per heavy atom. The predicted molar refractivity (Wildman–Crippen MR) is 127 cm³/mol.